The number of hydrogen-bond acceptors (Lipinski definition) is 2. The van der Waals surface area contributed by atoms with E-state index >= 15 is 0 Å². The number of rotatable bonds is 6. The number of ether oxygens (including phenoxy) is 1. The average molecular weight is 262 g/mol. The van der Waals surface area contributed by atoms with Gasteiger partial charge in [-0.15, -0.1) is 11.6 Å². The molecule has 0 spiro atoms. The summed E-state index contributed by atoms with van der Waals surface area (Å²) < 4.78 is 5.65. The van der Waals surface area contributed by atoms with Gasteiger partial charge in [-0.25, -0.2) is 4.98 Å². The molecule has 2 rings (SSSR count). The van der Waals surface area contributed by atoms with Crippen molar-refractivity contribution in [1.29, 1.82) is 0 Å². The lowest BCUT2D eigenvalue weighted by molar-refractivity contribution is 0.297. The molecule has 0 aliphatic rings. The quantitative estimate of drug-likeness (QED) is 0.582. The molecule has 0 aliphatic carbocycles. The van der Waals surface area contributed by atoms with Crippen LogP contribution in [0.2, 0.25) is 0 Å². The highest BCUT2D eigenvalue weighted by molar-refractivity contribution is 6.17. The maximum atomic E-state index is 5.82. The van der Waals surface area contributed by atoms with Crippen LogP contribution in [0.1, 0.15) is 17.5 Å². The Kier molecular flexibility index (Phi) is 5.03. The molecule has 2 aromatic rings. The Balaban J connectivity index is 1.78. The van der Waals surface area contributed by atoms with Crippen molar-refractivity contribution >= 4 is 11.6 Å². The molecule has 0 amide bonds. The summed E-state index contributed by atoms with van der Waals surface area (Å²) in [6.07, 6.45) is 3.72. The van der Waals surface area contributed by atoms with Crippen molar-refractivity contribution in [3.05, 3.63) is 59.8 Å². The Morgan fingerprint density at radius 1 is 1.06 bits per heavy atom. The van der Waals surface area contributed by atoms with Crippen LogP contribution >= 0.6 is 11.6 Å². The third-order valence-corrected chi connectivity index (χ3v) is 2.97. The van der Waals surface area contributed by atoms with E-state index in [1.165, 1.54) is 5.56 Å². The van der Waals surface area contributed by atoms with Crippen molar-refractivity contribution in [2.45, 2.75) is 18.7 Å². The zero-order valence-corrected chi connectivity index (χ0v) is 10.9. The van der Waals surface area contributed by atoms with E-state index in [1.54, 1.807) is 6.20 Å². The molecule has 0 saturated carbocycles. The fraction of sp³-hybridized carbons (Fsp3) is 0.267. The second-order valence-corrected chi connectivity index (χ2v) is 4.31. The molecule has 0 unspecified atom stereocenters. The van der Waals surface area contributed by atoms with Gasteiger partial charge in [-0.1, -0.05) is 36.4 Å². The number of hydrogen-bond donors (Lipinski definition) is 0. The van der Waals surface area contributed by atoms with E-state index < -0.39 is 0 Å². The van der Waals surface area contributed by atoms with Crippen molar-refractivity contribution < 1.29 is 4.74 Å². The van der Waals surface area contributed by atoms with Crippen molar-refractivity contribution in [1.82, 2.24) is 4.98 Å². The summed E-state index contributed by atoms with van der Waals surface area (Å²) in [5, 5.41) is 0. The molecule has 0 bridgehead atoms. The van der Waals surface area contributed by atoms with Gasteiger partial charge in [0.15, 0.2) is 0 Å². The molecule has 3 heteroatoms. The standard InChI is InChI=1S/C15H16ClNO/c16-12-14-9-4-10-17-15(14)18-11-5-8-13-6-2-1-3-7-13/h1-4,6-7,9-10H,5,8,11-12H2. The van der Waals surface area contributed by atoms with Gasteiger partial charge in [0.05, 0.1) is 12.5 Å². The minimum atomic E-state index is 0.432. The van der Waals surface area contributed by atoms with E-state index in [-0.39, 0.29) is 0 Å². The predicted molar refractivity (Wildman–Crippen MR) is 74.1 cm³/mol. The summed E-state index contributed by atoms with van der Waals surface area (Å²) in [7, 11) is 0. The van der Waals surface area contributed by atoms with Gasteiger partial charge in [0.25, 0.3) is 0 Å². The van der Waals surface area contributed by atoms with Gasteiger partial charge in [0.1, 0.15) is 0 Å². The van der Waals surface area contributed by atoms with Gasteiger partial charge < -0.3 is 4.74 Å². The Bertz CT molecular complexity index is 473. The van der Waals surface area contributed by atoms with Crippen LogP contribution < -0.4 is 4.74 Å². The monoisotopic (exact) mass is 261 g/mol. The largest absolute Gasteiger partial charge is 0.477 e. The highest BCUT2D eigenvalue weighted by Crippen LogP contribution is 2.16. The van der Waals surface area contributed by atoms with E-state index in [9.17, 15) is 0 Å². The minimum absolute atomic E-state index is 0.432. The smallest absolute Gasteiger partial charge is 0.217 e. The lowest BCUT2D eigenvalue weighted by Gasteiger charge is -2.08. The molecule has 1 aromatic heterocycles. The molecule has 0 atom stereocenters. The minimum Gasteiger partial charge on any atom is -0.477 e. The molecule has 0 saturated heterocycles. The zero-order chi connectivity index (χ0) is 12.6. The van der Waals surface area contributed by atoms with Gasteiger partial charge in [-0.2, -0.15) is 0 Å². The molecule has 0 fully saturated rings. The molecule has 2 nitrogen and oxygen atoms in total. The third-order valence-electron chi connectivity index (χ3n) is 2.69. The topological polar surface area (TPSA) is 22.1 Å². The summed E-state index contributed by atoms with van der Waals surface area (Å²) in [6, 6.07) is 14.2. The molecule has 1 heterocycles. The molecular weight excluding hydrogens is 246 g/mol. The molecule has 1 aromatic carbocycles. The van der Waals surface area contributed by atoms with E-state index in [0.717, 1.165) is 18.4 Å². The molecule has 0 aliphatic heterocycles. The van der Waals surface area contributed by atoms with Crippen LogP contribution in [-0.2, 0) is 12.3 Å². The van der Waals surface area contributed by atoms with Crippen LogP contribution in [0.25, 0.3) is 0 Å². The Labute approximate surface area is 113 Å². The number of halogens is 1. The van der Waals surface area contributed by atoms with Gasteiger partial charge in [0.2, 0.25) is 5.88 Å². The van der Waals surface area contributed by atoms with Crippen LogP contribution in [0, 0.1) is 0 Å². The summed E-state index contributed by atoms with van der Waals surface area (Å²) in [4.78, 5) is 4.19. The van der Waals surface area contributed by atoms with Crippen molar-refractivity contribution in [2.75, 3.05) is 6.61 Å². The summed E-state index contributed by atoms with van der Waals surface area (Å²) in [5.74, 6) is 1.09. The maximum absolute atomic E-state index is 5.82. The zero-order valence-electron chi connectivity index (χ0n) is 10.2. The highest BCUT2D eigenvalue weighted by atomic mass is 35.5. The van der Waals surface area contributed by atoms with Crippen LogP contribution in [0.5, 0.6) is 5.88 Å². The second-order valence-electron chi connectivity index (χ2n) is 4.04. The summed E-state index contributed by atoms with van der Waals surface area (Å²) in [5.41, 5.74) is 2.28. The second kappa shape index (κ2) is 7.02. The third kappa shape index (κ3) is 3.74. The van der Waals surface area contributed by atoms with Crippen LogP contribution in [0.4, 0.5) is 0 Å². The lowest BCUT2D eigenvalue weighted by atomic mass is 10.1. The fourth-order valence-electron chi connectivity index (χ4n) is 1.75. The SMILES string of the molecule is ClCc1cccnc1OCCCc1ccccc1. The summed E-state index contributed by atoms with van der Waals surface area (Å²) in [6.45, 7) is 0.662. The first-order chi connectivity index (χ1) is 8.90. The van der Waals surface area contributed by atoms with E-state index in [4.69, 9.17) is 16.3 Å². The van der Waals surface area contributed by atoms with Crippen LogP contribution in [0.3, 0.4) is 0 Å². The summed E-state index contributed by atoms with van der Waals surface area (Å²) >= 11 is 5.82. The number of alkyl halides is 1. The predicted octanol–water partition coefficient (Wildman–Crippen LogP) is 3.83. The first kappa shape index (κ1) is 12.9. The number of aromatic nitrogens is 1. The Morgan fingerprint density at radius 2 is 1.89 bits per heavy atom. The molecular formula is C15H16ClNO. The van der Waals surface area contributed by atoms with Crippen molar-refractivity contribution in [3.8, 4) is 5.88 Å². The number of pyridine rings is 1. The highest BCUT2D eigenvalue weighted by Gasteiger charge is 2.02. The fourth-order valence-corrected chi connectivity index (χ4v) is 1.95. The normalized spacial score (nSPS) is 10.3. The first-order valence-corrected chi connectivity index (χ1v) is 6.60. The van der Waals surface area contributed by atoms with Gasteiger partial charge >= 0.3 is 0 Å². The van der Waals surface area contributed by atoms with Crippen LogP contribution in [0.15, 0.2) is 48.7 Å². The number of benzene rings is 1. The van der Waals surface area contributed by atoms with Crippen LogP contribution in [-0.4, -0.2) is 11.6 Å². The van der Waals surface area contributed by atoms with Gasteiger partial charge in [0, 0.05) is 11.8 Å². The lowest BCUT2D eigenvalue weighted by Crippen LogP contribution is -2.02. The van der Waals surface area contributed by atoms with Crippen molar-refractivity contribution in [2.24, 2.45) is 0 Å². The molecule has 18 heavy (non-hydrogen) atoms. The van der Waals surface area contributed by atoms with E-state index in [2.05, 4.69) is 29.2 Å². The van der Waals surface area contributed by atoms with Gasteiger partial charge in [-0.05, 0) is 24.5 Å². The maximum Gasteiger partial charge on any atom is 0.217 e. The molecule has 94 valence electrons. The average Bonchev–Trinajstić information content (AvgIpc) is 2.45. The number of nitrogens with zero attached hydrogens (tertiary/aromatic N) is 1. The number of aryl methyl sites for hydroxylation is 1. The Hall–Kier alpha value is -1.54. The van der Waals surface area contributed by atoms with Crippen molar-refractivity contribution in [3.63, 3.8) is 0 Å². The molecule has 0 N–H and O–H groups in total. The van der Waals surface area contributed by atoms with Gasteiger partial charge in [-0.3, -0.25) is 0 Å². The van der Waals surface area contributed by atoms with E-state index in [1.807, 2.05) is 18.2 Å². The Morgan fingerprint density at radius 3 is 2.67 bits per heavy atom. The first-order valence-electron chi connectivity index (χ1n) is 6.06. The molecule has 0 radical (unpaired) electrons. The van der Waals surface area contributed by atoms with E-state index in [0.29, 0.717) is 18.4 Å².